The van der Waals surface area contributed by atoms with Crippen LogP contribution in [0.15, 0.2) is 0 Å². The van der Waals surface area contributed by atoms with E-state index in [1.54, 1.807) is 4.90 Å². The number of rotatable bonds is 3. The zero-order valence-corrected chi connectivity index (χ0v) is 11.9. The molecule has 0 spiro atoms. The van der Waals surface area contributed by atoms with Crippen LogP contribution in [0, 0.1) is 16.7 Å². The Hall–Kier alpha value is -1.57. The first-order valence-electron chi connectivity index (χ1n) is 6.65. The zero-order chi connectivity index (χ0) is 14.5. The highest BCUT2D eigenvalue weighted by molar-refractivity contribution is 5.68. The molecule has 1 rings (SSSR count). The average Bonchev–Trinajstić information content (AvgIpc) is 2.35. The first kappa shape index (κ1) is 15.5. The third-order valence-corrected chi connectivity index (χ3v) is 3.35. The second-order valence-electron chi connectivity index (χ2n) is 6.06. The van der Waals surface area contributed by atoms with Crippen molar-refractivity contribution in [3.8, 4) is 6.07 Å². The maximum Gasteiger partial charge on any atom is 0.410 e. The van der Waals surface area contributed by atoms with Gasteiger partial charge in [-0.05, 0) is 40.0 Å². The van der Waals surface area contributed by atoms with Crippen molar-refractivity contribution in [3.05, 3.63) is 0 Å². The van der Waals surface area contributed by atoms with Crippen molar-refractivity contribution < 1.29 is 14.3 Å². The molecule has 1 amide bonds. The van der Waals surface area contributed by atoms with Gasteiger partial charge in [-0.3, -0.25) is 0 Å². The van der Waals surface area contributed by atoms with Crippen LogP contribution in [0.25, 0.3) is 0 Å². The molecule has 0 radical (unpaired) electrons. The molecule has 1 heterocycles. The van der Waals surface area contributed by atoms with Crippen molar-refractivity contribution in [1.29, 1.82) is 5.26 Å². The van der Waals surface area contributed by atoms with E-state index in [1.165, 1.54) is 0 Å². The summed E-state index contributed by atoms with van der Waals surface area (Å²) < 4.78 is 5.31. The lowest BCUT2D eigenvalue weighted by atomic mass is 9.76. The number of nitrogens with zero attached hydrogens (tertiary/aromatic N) is 2. The Bertz CT molecular complexity index is 371. The molecule has 106 valence electrons. The number of carbonyl (C=O) groups is 2. The number of aldehydes is 1. The minimum absolute atomic E-state index is 0.325. The quantitative estimate of drug-likeness (QED) is 0.736. The Balaban J connectivity index is 2.54. The van der Waals surface area contributed by atoms with Gasteiger partial charge in [0.05, 0.1) is 11.5 Å². The molecule has 5 nitrogen and oxygen atoms in total. The molecule has 0 aromatic rings. The fraction of sp³-hybridized carbons (Fsp3) is 0.786. The van der Waals surface area contributed by atoms with Crippen LogP contribution in [-0.4, -0.2) is 36.0 Å². The van der Waals surface area contributed by atoms with Crippen molar-refractivity contribution in [2.24, 2.45) is 5.41 Å². The molecular formula is C14H22N2O3. The van der Waals surface area contributed by atoms with Gasteiger partial charge in [0.25, 0.3) is 0 Å². The van der Waals surface area contributed by atoms with Crippen LogP contribution in [0.4, 0.5) is 4.79 Å². The van der Waals surface area contributed by atoms with E-state index in [1.807, 2.05) is 20.8 Å². The fourth-order valence-corrected chi connectivity index (χ4v) is 2.20. The summed E-state index contributed by atoms with van der Waals surface area (Å²) >= 11 is 0. The van der Waals surface area contributed by atoms with Crippen LogP contribution < -0.4 is 0 Å². The molecule has 0 unspecified atom stereocenters. The Kier molecular flexibility index (Phi) is 4.93. The molecule has 1 saturated heterocycles. The van der Waals surface area contributed by atoms with Crippen molar-refractivity contribution in [3.63, 3.8) is 0 Å². The lowest BCUT2D eigenvalue weighted by molar-refractivity contribution is -0.108. The topological polar surface area (TPSA) is 70.4 Å². The van der Waals surface area contributed by atoms with Gasteiger partial charge in [0, 0.05) is 19.5 Å². The number of hydrogen-bond donors (Lipinski definition) is 0. The van der Waals surface area contributed by atoms with Crippen molar-refractivity contribution in [2.75, 3.05) is 13.1 Å². The van der Waals surface area contributed by atoms with Gasteiger partial charge in [-0.15, -0.1) is 0 Å². The Labute approximate surface area is 114 Å². The molecule has 5 heteroatoms. The average molecular weight is 266 g/mol. The highest BCUT2D eigenvalue weighted by atomic mass is 16.6. The standard InChI is InChI=1S/C14H22N2O3/c1-13(2,3)19-12(18)16-8-6-14(11-15,7-9-16)5-4-10-17/h10H,4-9H2,1-3H3. The van der Waals surface area contributed by atoms with E-state index in [4.69, 9.17) is 4.74 Å². The normalized spacial score (nSPS) is 18.5. The molecule has 19 heavy (non-hydrogen) atoms. The molecule has 0 aromatic heterocycles. The summed E-state index contributed by atoms with van der Waals surface area (Å²) in [5.41, 5.74) is -0.961. The molecule has 1 fully saturated rings. The van der Waals surface area contributed by atoms with Gasteiger partial charge in [-0.2, -0.15) is 5.26 Å². The molecule has 0 aliphatic carbocycles. The van der Waals surface area contributed by atoms with Crippen molar-refractivity contribution in [2.45, 2.75) is 52.1 Å². The molecule has 0 aromatic carbocycles. The smallest absolute Gasteiger partial charge is 0.410 e. The van der Waals surface area contributed by atoms with E-state index < -0.39 is 11.0 Å². The minimum Gasteiger partial charge on any atom is -0.444 e. The van der Waals surface area contributed by atoms with Crippen molar-refractivity contribution >= 4 is 12.4 Å². The van der Waals surface area contributed by atoms with E-state index in [9.17, 15) is 14.9 Å². The van der Waals surface area contributed by atoms with Gasteiger partial charge in [0.1, 0.15) is 11.9 Å². The van der Waals surface area contributed by atoms with Gasteiger partial charge in [-0.1, -0.05) is 0 Å². The highest BCUT2D eigenvalue weighted by Crippen LogP contribution is 2.35. The molecule has 0 bridgehead atoms. The largest absolute Gasteiger partial charge is 0.444 e. The number of likely N-dealkylation sites (tertiary alicyclic amines) is 1. The van der Waals surface area contributed by atoms with E-state index >= 15 is 0 Å². The number of nitriles is 1. The molecule has 1 aliphatic heterocycles. The maximum atomic E-state index is 11.9. The highest BCUT2D eigenvalue weighted by Gasteiger charge is 2.36. The predicted molar refractivity (Wildman–Crippen MR) is 70.4 cm³/mol. The van der Waals surface area contributed by atoms with Crippen LogP contribution >= 0.6 is 0 Å². The van der Waals surface area contributed by atoms with Crippen LogP contribution in [0.2, 0.25) is 0 Å². The third kappa shape index (κ3) is 4.55. The molecular weight excluding hydrogens is 244 g/mol. The Morgan fingerprint density at radius 3 is 2.42 bits per heavy atom. The maximum absolute atomic E-state index is 11.9. The summed E-state index contributed by atoms with van der Waals surface area (Å²) in [5.74, 6) is 0. The monoisotopic (exact) mass is 266 g/mol. The first-order chi connectivity index (χ1) is 8.82. The van der Waals surface area contributed by atoms with Gasteiger partial charge < -0.3 is 14.4 Å². The molecule has 0 atom stereocenters. The third-order valence-electron chi connectivity index (χ3n) is 3.35. The number of piperidine rings is 1. The van der Waals surface area contributed by atoms with Gasteiger partial charge in [-0.25, -0.2) is 4.79 Å². The lowest BCUT2D eigenvalue weighted by Gasteiger charge is -2.37. The zero-order valence-electron chi connectivity index (χ0n) is 11.9. The number of hydrogen-bond acceptors (Lipinski definition) is 4. The number of ether oxygens (including phenoxy) is 1. The van der Waals surface area contributed by atoms with E-state index in [0.717, 1.165) is 6.29 Å². The molecule has 0 saturated carbocycles. The van der Waals surface area contributed by atoms with Crippen molar-refractivity contribution in [1.82, 2.24) is 4.90 Å². The summed E-state index contributed by atoms with van der Waals surface area (Å²) in [6.45, 7) is 6.53. The number of carbonyl (C=O) groups excluding carboxylic acids is 2. The van der Waals surface area contributed by atoms with Crippen LogP contribution in [-0.2, 0) is 9.53 Å². The minimum atomic E-state index is -0.502. The molecule has 0 N–H and O–H groups in total. The Morgan fingerprint density at radius 2 is 2.00 bits per heavy atom. The summed E-state index contributed by atoms with van der Waals surface area (Å²) in [5, 5.41) is 9.28. The van der Waals surface area contributed by atoms with E-state index in [2.05, 4.69) is 6.07 Å². The lowest BCUT2D eigenvalue weighted by Crippen LogP contribution is -2.44. The van der Waals surface area contributed by atoms with Gasteiger partial charge in [0.2, 0.25) is 0 Å². The van der Waals surface area contributed by atoms with Crippen LogP contribution in [0.1, 0.15) is 46.5 Å². The second kappa shape index (κ2) is 6.05. The summed E-state index contributed by atoms with van der Waals surface area (Å²) in [6.07, 6.45) is 2.72. The number of amides is 1. The second-order valence-corrected chi connectivity index (χ2v) is 6.06. The van der Waals surface area contributed by atoms with E-state index in [0.29, 0.717) is 38.8 Å². The summed E-state index contributed by atoms with van der Waals surface area (Å²) in [4.78, 5) is 24.0. The summed E-state index contributed by atoms with van der Waals surface area (Å²) in [6, 6.07) is 2.32. The SMILES string of the molecule is CC(C)(C)OC(=O)N1CCC(C#N)(CCC=O)CC1. The first-order valence-corrected chi connectivity index (χ1v) is 6.65. The Morgan fingerprint density at radius 1 is 1.42 bits per heavy atom. The molecule has 1 aliphatic rings. The van der Waals surface area contributed by atoms with Crippen LogP contribution in [0.3, 0.4) is 0 Å². The van der Waals surface area contributed by atoms with Gasteiger partial charge in [0.15, 0.2) is 0 Å². The van der Waals surface area contributed by atoms with Gasteiger partial charge >= 0.3 is 6.09 Å². The van der Waals surface area contributed by atoms with E-state index in [-0.39, 0.29) is 6.09 Å². The van der Waals surface area contributed by atoms with Crippen LogP contribution in [0.5, 0.6) is 0 Å². The predicted octanol–water partition coefficient (Wildman–Crippen LogP) is 2.51. The summed E-state index contributed by atoms with van der Waals surface area (Å²) in [7, 11) is 0. The fourth-order valence-electron chi connectivity index (χ4n) is 2.20.